The molecule has 0 bridgehead atoms. The van der Waals surface area contributed by atoms with Crippen molar-refractivity contribution < 1.29 is 13.6 Å². The zero-order valence-corrected chi connectivity index (χ0v) is 15.1. The fraction of sp³-hybridized carbons (Fsp3) is 0.278. The predicted octanol–water partition coefficient (Wildman–Crippen LogP) is 3.46. The molecule has 1 saturated heterocycles. The van der Waals surface area contributed by atoms with Crippen LogP contribution >= 0.6 is 11.3 Å². The van der Waals surface area contributed by atoms with Crippen LogP contribution in [0.3, 0.4) is 0 Å². The van der Waals surface area contributed by atoms with Gasteiger partial charge in [-0.3, -0.25) is 9.36 Å². The monoisotopic (exact) mass is 389 g/mol. The summed E-state index contributed by atoms with van der Waals surface area (Å²) in [7, 11) is 0. The third-order valence-electron chi connectivity index (χ3n) is 4.55. The lowest BCUT2D eigenvalue weighted by Crippen LogP contribution is -2.38. The third-order valence-corrected chi connectivity index (χ3v) is 5.55. The van der Waals surface area contributed by atoms with Gasteiger partial charge < -0.3 is 10.2 Å². The summed E-state index contributed by atoms with van der Waals surface area (Å²) in [5.41, 5.74) is 0.00400. The molecule has 4 rings (SSSR count). The topological polar surface area (TPSA) is 63.1 Å². The zero-order valence-electron chi connectivity index (χ0n) is 14.3. The smallest absolute Gasteiger partial charge is 0.227 e. The molecular weight excluding hydrogens is 372 g/mol. The van der Waals surface area contributed by atoms with Crippen molar-refractivity contribution >= 4 is 28.1 Å². The van der Waals surface area contributed by atoms with Crippen molar-refractivity contribution in [3.63, 3.8) is 0 Å². The van der Waals surface area contributed by atoms with Crippen LogP contribution in [0, 0.1) is 17.6 Å². The summed E-state index contributed by atoms with van der Waals surface area (Å²) in [6.07, 6.45) is 5.09. The number of carbonyl (C=O) groups excluding carboxylic acids is 1. The number of nitrogens with one attached hydrogen (secondary N) is 1. The molecule has 27 heavy (non-hydrogen) atoms. The molecule has 1 aromatic carbocycles. The molecule has 140 valence electrons. The molecule has 9 heteroatoms. The van der Waals surface area contributed by atoms with Gasteiger partial charge in [0.1, 0.15) is 11.6 Å². The summed E-state index contributed by atoms with van der Waals surface area (Å²) in [5.74, 6) is -1.91. The minimum Gasteiger partial charge on any atom is -0.347 e. The van der Waals surface area contributed by atoms with Crippen LogP contribution in [0.2, 0.25) is 0 Å². The van der Waals surface area contributed by atoms with Crippen LogP contribution in [0.4, 0.5) is 19.6 Å². The van der Waals surface area contributed by atoms with E-state index in [2.05, 4.69) is 20.4 Å². The Balaban J connectivity index is 1.35. The molecule has 0 atom stereocenters. The molecule has 6 nitrogen and oxygen atoms in total. The SMILES string of the molecule is O=C(Nc1ccc(F)cc1F)C1CCN(c2nnc(-n3cccc3)s2)CC1. The average Bonchev–Trinajstić information content (AvgIpc) is 3.35. The first-order valence-electron chi connectivity index (χ1n) is 8.58. The molecule has 3 aromatic rings. The van der Waals surface area contributed by atoms with Crippen molar-refractivity contribution in [2.75, 3.05) is 23.3 Å². The largest absolute Gasteiger partial charge is 0.347 e. The first kappa shape index (κ1) is 17.6. The summed E-state index contributed by atoms with van der Waals surface area (Å²) in [6, 6.07) is 6.97. The molecule has 1 aliphatic heterocycles. The fourth-order valence-electron chi connectivity index (χ4n) is 3.06. The minimum absolute atomic E-state index is 0.00400. The van der Waals surface area contributed by atoms with E-state index < -0.39 is 11.6 Å². The highest BCUT2D eigenvalue weighted by atomic mass is 32.1. The summed E-state index contributed by atoms with van der Waals surface area (Å²) in [5, 5.41) is 12.6. The molecule has 0 unspecified atom stereocenters. The number of piperidine rings is 1. The van der Waals surface area contributed by atoms with E-state index in [1.807, 2.05) is 29.1 Å². The van der Waals surface area contributed by atoms with Gasteiger partial charge in [-0.1, -0.05) is 11.3 Å². The number of hydrogen-bond acceptors (Lipinski definition) is 5. The van der Waals surface area contributed by atoms with Crippen LogP contribution in [-0.4, -0.2) is 33.8 Å². The van der Waals surface area contributed by atoms with Gasteiger partial charge in [-0.15, -0.1) is 10.2 Å². The van der Waals surface area contributed by atoms with Gasteiger partial charge >= 0.3 is 0 Å². The van der Waals surface area contributed by atoms with Crippen LogP contribution in [0.25, 0.3) is 5.13 Å². The van der Waals surface area contributed by atoms with Crippen molar-refractivity contribution in [3.8, 4) is 5.13 Å². The summed E-state index contributed by atoms with van der Waals surface area (Å²) >= 11 is 1.49. The second kappa shape index (κ2) is 7.43. The number of carbonyl (C=O) groups is 1. The highest BCUT2D eigenvalue weighted by molar-refractivity contribution is 7.17. The van der Waals surface area contributed by atoms with Gasteiger partial charge in [0.25, 0.3) is 0 Å². The van der Waals surface area contributed by atoms with Gasteiger partial charge in [0, 0.05) is 37.5 Å². The highest BCUT2D eigenvalue weighted by Gasteiger charge is 2.27. The van der Waals surface area contributed by atoms with E-state index in [0.717, 1.165) is 22.4 Å². The third kappa shape index (κ3) is 3.82. The van der Waals surface area contributed by atoms with Gasteiger partial charge in [0.15, 0.2) is 0 Å². The summed E-state index contributed by atoms with van der Waals surface area (Å²) < 4.78 is 28.6. The fourth-order valence-corrected chi connectivity index (χ4v) is 3.93. The standard InChI is InChI=1S/C18H17F2N5OS/c19-13-3-4-15(14(20)11-13)21-16(26)12-5-9-25(10-6-12)18-23-22-17(27-18)24-7-1-2-8-24/h1-4,7-8,11-12H,5-6,9-10H2,(H,21,26). The van der Waals surface area contributed by atoms with Gasteiger partial charge in [0.05, 0.1) is 5.69 Å². The Morgan fingerprint density at radius 1 is 1.11 bits per heavy atom. The van der Waals surface area contributed by atoms with E-state index in [9.17, 15) is 13.6 Å². The van der Waals surface area contributed by atoms with Crippen molar-refractivity contribution in [2.45, 2.75) is 12.8 Å². The lowest BCUT2D eigenvalue weighted by Gasteiger charge is -2.30. The Labute approximate surface area is 158 Å². The molecule has 0 saturated carbocycles. The normalized spacial score (nSPS) is 15.1. The van der Waals surface area contributed by atoms with Gasteiger partial charge in [-0.25, -0.2) is 8.78 Å². The second-order valence-electron chi connectivity index (χ2n) is 6.33. The maximum atomic E-state index is 13.7. The van der Waals surface area contributed by atoms with Crippen molar-refractivity contribution in [1.29, 1.82) is 0 Å². The number of benzene rings is 1. The number of halogens is 2. The van der Waals surface area contributed by atoms with E-state index >= 15 is 0 Å². The van der Waals surface area contributed by atoms with Crippen molar-refractivity contribution in [1.82, 2.24) is 14.8 Å². The predicted molar refractivity (Wildman–Crippen MR) is 99.2 cm³/mol. The molecule has 0 radical (unpaired) electrons. The first-order chi connectivity index (χ1) is 13.1. The Bertz CT molecular complexity index is 935. The number of aromatic nitrogens is 3. The average molecular weight is 389 g/mol. The van der Waals surface area contributed by atoms with Crippen molar-refractivity contribution in [3.05, 3.63) is 54.4 Å². The number of amides is 1. The Hall–Kier alpha value is -2.81. The second-order valence-corrected chi connectivity index (χ2v) is 7.27. The first-order valence-corrected chi connectivity index (χ1v) is 9.39. The van der Waals surface area contributed by atoms with E-state index in [-0.39, 0.29) is 17.5 Å². The summed E-state index contributed by atoms with van der Waals surface area (Å²) in [6.45, 7) is 1.34. The number of hydrogen-bond donors (Lipinski definition) is 1. The molecule has 1 N–H and O–H groups in total. The van der Waals surface area contributed by atoms with Crippen LogP contribution in [0.1, 0.15) is 12.8 Å². The van der Waals surface area contributed by atoms with Gasteiger partial charge in [0.2, 0.25) is 16.2 Å². The van der Waals surface area contributed by atoms with Crippen LogP contribution < -0.4 is 10.2 Å². The number of rotatable bonds is 4. The lowest BCUT2D eigenvalue weighted by atomic mass is 9.96. The molecule has 0 spiro atoms. The molecule has 0 aliphatic carbocycles. The maximum Gasteiger partial charge on any atom is 0.227 e. The Morgan fingerprint density at radius 2 is 1.81 bits per heavy atom. The van der Waals surface area contributed by atoms with Gasteiger partial charge in [-0.2, -0.15) is 0 Å². The minimum atomic E-state index is -0.771. The van der Waals surface area contributed by atoms with Crippen LogP contribution in [-0.2, 0) is 4.79 Å². The van der Waals surface area contributed by atoms with Gasteiger partial charge in [-0.05, 0) is 37.1 Å². The Kier molecular flexibility index (Phi) is 4.85. The number of anilines is 2. The van der Waals surface area contributed by atoms with Crippen LogP contribution in [0.15, 0.2) is 42.7 Å². The molecule has 1 aliphatic rings. The lowest BCUT2D eigenvalue weighted by molar-refractivity contribution is -0.120. The van der Waals surface area contributed by atoms with E-state index in [1.54, 1.807) is 0 Å². The molecular formula is C18H17F2N5OS. The van der Waals surface area contributed by atoms with Crippen molar-refractivity contribution in [2.24, 2.45) is 5.92 Å². The zero-order chi connectivity index (χ0) is 18.8. The molecule has 1 amide bonds. The van der Waals surface area contributed by atoms with E-state index in [0.29, 0.717) is 25.9 Å². The van der Waals surface area contributed by atoms with E-state index in [1.165, 1.54) is 17.4 Å². The molecule has 2 aromatic heterocycles. The maximum absolute atomic E-state index is 13.7. The number of nitrogens with zero attached hydrogens (tertiary/aromatic N) is 4. The summed E-state index contributed by atoms with van der Waals surface area (Å²) in [4.78, 5) is 14.5. The molecule has 3 heterocycles. The van der Waals surface area contributed by atoms with Crippen LogP contribution in [0.5, 0.6) is 0 Å². The Morgan fingerprint density at radius 3 is 2.52 bits per heavy atom. The van der Waals surface area contributed by atoms with E-state index in [4.69, 9.17) is 0 Å². The quantitative estimate of drug-likeness (QED) is 0.742. The highest BCUT2D eigenvalue weighted by Crippen LogP contribution is 2.28. The molecule has 1 fully saturated rings.